The summed E-state index contributed by atoms with van der Waals surface area (Å²) in [6.45, 7) is 9.34. The SMILES string of the molecule is CN[C@@H](C)C(=O)N[C@H](C(=O)N1CCC[C@H]1CN(CCCCc1ccccc1)C(=O)CN)C(C)(C)C. The summed E-state index contributed by atoms with van der Waals surface area (Å²) in [6.07, 6.45) is 4.55. The van der Waals surface area contributed by atoms with Crippen molar-refractivity contribution in [3.63, 3.8) is 0 Å². The number of hydrogen-bond donors (Lipinski definition) is 3. The van der Waals surface area contributed by atoms with Gasteiger partial charge >= 0.3 is 0 Å². The average Bonchev–Trinajstić information content (AvgIpc) is 3.30. The fourth-order valence-electron chi connectivity index (χ4n) is 4.51. The summed E-state index contributed by atoms with van der Waals surface area (Å²) < 4.78 is 0. The number of carbonyl (C=O) groups is 3. The lowest BCUT2D eigenvalue weighted by Crippen LogP contribution is -2.59. The van der Waals surface area contributed by atoms with Gasteiger partial charge in [-0.25, -0.2) is 0 Å². The molecule has 4 N–H and O–H groups in total. The lowest BCUT2D eigenvalue weighted by Gasteiger charge is -2.37. The molecule has 3 atom stereocenters. The van der Waals surface area contributed by atoms with Gasteiger partial charge in [-0.05, 0) is 57.1 Å². The van der Waals surface area contributed by atoms with E-state index in [-0.39, 0.29) is 30.3 Å². The zero-order chi connectivity index (χ0) is 26.0. The Bertz CT molecular complexity index is 824. The first-order valence-corrected chi connectivity index (χ1v) is 12.9. The summed E-state index contributed by atoms with van der Waals surface area (Å²) >= 11 is 0. The van der Waals surface area contributed by atoms with Crippen molar-refractivity contribution in [2.75, 3.05) is 33.2 Å². The summed E-state index contributed by atoms with van der Waals surface area (Å²) in [5.74, 6) is -0.372. The number of nitrogens with one attached hydrogen (secondary N) is 2. The molecule has 0 bridgehead atoms. The first-order valence-electron chi connectivity index (χ1n) is 12.9. The molecule has 0 radical (unpaired) electrons. The van der Waals surface area contributed by atoms with Crippen LogP contribution in [0.15, 0.2) is 30.3 Å². The maximum absolute atomic E-state index is 13.6. The van der Waals surface area contributed by atoms with Gasteiger partial charge in [0.05, 0.1) is 12.6 Å². The average molecular weight is 488 g/mol. The van der Waals surface area contributed by atoms with Gasteiger partial charge in [0.1, 0.15) is 6.04 Å². The van der Waals surface area contributed by atoms with Gasteiger partial charge in [0, 0.05) is 25.7 Å². The Morgan fingerprint density at radius 1 is 1.17 bits per heavy atom. The molecule has 1 heterocycles. The molecule has 0 saturated carbocycles. The van der Waals surface area contributed by atoms with Crippen LogP contribution in [-0.4, -0.2) is 78.9 Å². The number of likely N-dealkylation sites (tertiary alicyclic amines) is 1. The zero-order valence-corrected chi connectivity index (χ0v) is 22.2. The Kier molecular flexibility index (Phi) is 11.2. The summed E-state index contributed by atoms with van der Waals surface area (Å²) in [4.78, 5) is 42.5. The molecule has 1 aliphatic rings. The summed E-state index contributed by atoms with van der Waals surface area (Å²) in [7, 11) is 1.72. The molecule has 1 aromatic rings. The molecule has 1 aromatic carbocycles. The first-order chi connectivity index (χ1) is 16.6. The highest BCUT2D eigenvalue weighted by molar-refractivity contribution is 5.90. The van der Waals surface area contributed by atoms with Crippen LogP contribution < -0.4 is 16.4 Å². The van der Waals surface area contributed by atoms with Crippen molar-refractivity contribution in [1.29, 1.82) is 0 Å². The van der Waals surface area contributed by atoms with E-state index in [9.17, 15) is 14.4 Å². The van der Waals surface area contributed by atoms with Crippen LogP contribution in [0.4, 0.5) is 0 Å². The van der Waals surface area contributed by atoms with E-state index in [0.29, 0.717) is 19.6 Å². The van der Waals surface area contributed by atoms with Gasteiger partial charge in [-0.3, -0.25) is 14.4 Å². The smallest absolute Gasteiger partial charge is 0.246 e. The minimum atomic E-state index is -0.643. The third-order valence-corrected chi connectivity index (χ3v) is 6.83. The Balaban J connectivity index is 2.04. The topological polar surface area (TPSA) is 108 Å². The molecule has 0 aromatic heterocycles. The van der Waals surface area contributed by atoms with E-state index < -0.39 is 17.5 Å². The third-order valence-electron chi connectivity index (χ3n) is 6.83. The number of likely N-dealkylation sites (N-methyl/N-ethyl adjacent to an activating group) is 1. The van der Waals surface area contributed by atoms with Gasteiger partial charge in [-0.15, -0.1) is 0 Å². The standard InChI is InChI=1S/C27H45N5O3/c1-20(29-5)25(34)30-24(27(2,3)4)26(35)32-17-11-15-22(32)19-31(23(33)18-28)16-10-9-14-21-12-7-6-8-13-21/h6-8,12-13,20,22,24,29H,9-11,14-19,28H2,1-5H3,(H,30,34)/t20-,22-,24+/m0/s1. The van der Waals surface area contributed by atoms with Crippen LogP contribution in [0.25, 0.3) is 0 Å². The molecule has 1 saturated heterocycles. The highest BCUT2D eigenvalue weighted by Crippen LogP contribution is 2.26. The fraction of sp³-hybridized carbons (Fsp3) is 0.667. The van der Waals surface area contributed by atoms with E-state index in [1.54, 1.807) is 14.0 Å². The number of amides is 3. The normalized spacial score (nSPS) is 17.7. The first kappa shape index (κ1) is 28.8. The highest BCUT2D eigenvalue weighted by Gasteiger charge is 2.40. The van der Waals surface area contributed by atoms with Gasteiger partial charge in [0.2, 0.25) is 17.7 Å². The van der Waals surface area contributed by atoms with Crippen molar-refractivity contribution in [3.8, 4) is 0 Å². The van der Waals surface area contributed by atoms with Crippen LogP contribution in [0, 0.1) is 5.41 Å². The molecule has 2 rings (SSSR count). The number of nitrogens with two attached hydrogens (primary N) is 1. The Morgan fingerprint density at radius 3 is 2.46 bits per heavy atom. The van der Waals surface area contributed by atoms with Gasteiger partial charge in [-0.1, -0.05) is 51.1 Å². The van der Waals surface area contributed by atoms with E-state index in [1.165, 1.54) is 5.56 Å². The molecule has 1 fully saturated rings. The second kappa shape index (κ2) is 13.6. The maximum atomic E-state index is 13.6. The summed E-state index contributed by atoms with van der Waals surface area (Å²) in [5.41, 5.74) is 6.56. The number of nitrogens with zero attached hydrogens (tertiary/aromatic N) is 2. The third kappa shape index (κ3) is 8.61. The molecule has 196 valence electrons. The van der Waals surface area contributed by atoms with Crippen molar-refractivity contribution < 1.29 is 14.4 Å². The predicted octanol–water partition coefficient (Wildman–Crippen LogP) is 1.93. The Hall–Kier alpha value is -2.45. The molecule has 8 heteroatoms. The van der Waals surface area contributed by atoms with Crippen LogP contribution in [0.2, 0.25) is 0 Å². The lowest BCUT2D eigenvalue weighted by atomic mass is 9.85. The highest BCUT2D eigenvalue weighted by atomic mass is 16.2. The Labute approximate surface area is 211 Å². The molecular formula is C27H45N5O3. The number of unbranched alkanes of at least 4 members (excludes halogenated alkanes) is 1. The monoisotopic (exact) mass is 487 g/mol. The van der Waals surface area contributed by atoms with Crippen LogP contribution in [0.1, 0.15) is 58.9 Å². The molecule has 0 aliphatic carbocycles. The van der Waals surface area contributed by atoms with E-state index >= 15 is 0 Å². The molecule has 8 nitrogen and oxygen atoms in total. The van der Waals surface area contributed by atoms with Crippen molar-refractivity contribution in [2.45, 2.75) is 77.9 Å². The zero-order valence-electron chi connectivity index (χ0n) is 22.2. The van der Waals surface area contributed by atoms with Crippen molar-refractivity contribution >= 4 is 17.7 Å². The van der Waals surface area contributed by atoms with Crippen molar-refractivity contribution in [1.82, 2.24) is 20.4 Å². The van der Waals surface area contributed by atoms with Crippen molar-refractivity contribution in [3.05, 3.63) is 35.9 Å². The van der Waals surface area contributed by atoms with Crippen LogP contribution in [-0.2, 0) is 20.8 Å². The number of carbonyl (C=O) groups excluding carboxylic acids is 3. The van der Waals surface area contributed by atoms with E-state index in [1.807, 2.05) is 48.8 Å². The number of hydrogen-bond acceptors (Lipinski definition) is 5. The van der Waals surface area contributed by atoms with E-state index in [0.717, 1.165) is 32.1 Å². The van der Waals surface area contributed by atoms with Crippen LogP contribution in [0.3, 0.4) is 0 Å². The molecule has 35 heavy (non-hydrogen) atoms. The van der Waals surface area contributed by atoms with Crippen molar-refractivity contribution in [2.24, 2.45) is 11.1 Å². The molecule has 3 amide bonds. The summed E-state index contributed by atoms with van der Waals surface area (Å²) in [6, 6.07) is 9.22. The number of aryl methyl sites for hydroxylation is 1. The van der Waals surface area contributed by atoms with E-state index in [2.05, 4.69) is 22.8 Å². The molecule has 0 spiro atoms. The molecule has 0 unspecified atom stereocenters. The van der Waals surface area contributed by atoms with E-state index in [4.69, 9.17) is 5.73 Å². The number of rotatable bonds is 12. The second-order valence-electron chi connectivity index (χ2n) is 10.6. The quantitative estimate of drug-likeness (QED) is 0.391. The van der Waals surface area contributed by atoms with Gasteiger partial charge < -0.3 is 26.2 Å². The maximum Gasteiger partial charge on any atom is 0.246 e. The second-order valence-corrected chi connectivity index (χ2v) is 10.6. The van der Waals surface area contributed by atoms with Crippen LogP contribution in [0.5, 0.6) is 0 Å². The minimum absolute atomic E-state index is 0.0398. The van der Waals surface area contributed by atoms with Crippen LogP contribution >= 0.6 is 0 Å². The number of benzene rings is 1. The largest absolute Gasteiger partial charge is 0.342 e. The predicted molar refractivity (Wildman–Crippen MR) is 140 cm³/mol. The lowest BCUT2D eigenvalue weighted by molar-refractivity contribution is -0.142. The minimum Gasteiger partial charge on any atom is -0.342 e. The van der Waals surface area contributed by atoms with Gasteiger partial charge in [0.25, 0.3) is 0 Å². The summed E-state index contributed by atoms with van der Waals surface area (Å²) in [5, 5.41) is 5.88. The fourth-order valence-corrected chi connectivity index (χ4v) is 4.51. The molecule has 1 aliphatic heterocycles. The Morgan fingerprint density at radius 2 is 1.86 bits per heavy atom. The van der Waals surface area contributed by atoms with Gasteiger partial charge in [-0.2, -0.15) is 0 Å². The van der Waals surface area contributed by atoms with Gasteiger partial charge in [0.15, 0.2) is 0 Å². The molecular weight excluding hydrogens is 442 g/mol.